The minimum absolute atomic E-state index is 0.138. The molecule has 5 atom stereocenters. The first-order valence-corrected chi connectivity index (χ1v) is 7.42. The zero-order chi connectivity index (χ0) is 12.5. The Bertz CT molecular complexity index is 334. The summed E-state index contributed by atoms with van der Waals surface area (Å²) in [6.45, 7) is 9.90. The van der Waals surface area contributed by atoms with Crippen LogP contribution in [-0.2, 0) is 4.74 Å². The molecule has 0 saturated heterocycles. The van der Waals surface area contributed by atoms with Gasteiger partial charge in [-0.2, -0.15) is 0 Å². The molecular formula is C16H28O. The Balaban J connectivity index is 2.04. The molecule has 0 aromatic carbocycles. The second kappa shape index (κ2) is 3.29. The number of ether oxygens (including phenoxy) is 1. The van der Waals surface area contributed by atoms with Crippen molar-refractivity contribution in [3.8, 4) is 0 Å². The molecule has 1 nitrogen and oxygen atoms in total. The van der Waals surface area contributed by atoms with Crippen LogP contribution in [0, 0.1) is 28.6 Å². The van der Waals surface area contributed by atoms with Crippen molar-refractivity contribution in [2.45, 2.75) is 65.4 Å². The lowest BCUT2D eigenvalue weighted by atomic mass is 9.64. The Hall–Kier alpha value is -0.0400. The molecule has 0 heterocycles. The van der Waals surface area contributed by atoms with Crippen molar-refractivity contribution in [1.29, 1.82) is 0 Å². The van der Waals surface area contributed by atoms with E-state index in [1.54, 1.807) is 0 Å². The summed E-state index contributed by atoms with van der Waals surface area (Å²) in [6, 6.07) is 0. The van der Waals surface area contributed by atoms with Crippen LogP contribution in [0.2, 0.25) is 0 Å². The lowest BCUT2D eigenvalue weighted by Crippen LogP contribution is -2.45. The summed E-state index contributed by atoms with van der Waals surface area (Å²) in [7, 11) is 1.92. The average molecular weight is 236 g/mol. The van der Waals surface area contributed by atoms with Crippen LogP contribution in [0.25, 0.3) is 0 Å². The van der Waals surface area contributed by atoms with E-state index in [1.165, 1.54) is 32.1 Å². The van der Waals surface area contributed by atoms with Gasteiger partial charge < -0.3 is 4.74 Å². The Morgan fingerprint density at radius 2 is 1.71 bits per heavy atom. The molecule has 3 saturated carbocycles. The highest BCUT2D eigenvalue weighted by molar-refractivity contribution is 5.17. The van der Waals surface area contributed by atoms with E-state index >= 15 is 0 Å². The summed E-state index contributed by atoms with van der Waals surface area (Å²) in [5.41, 5.74) is 1.29. The standard InChI is InChI=1S/C16H28O/c1-11-6-7-12-14(2,3)13-10-16(11,12)9-8-15(13,4)17-5/h11-13H,6-10H2,1-5H3/t11-,12+,13-,15?,16+/m1/s1. The molecule has 98 valence electrons. The molecule has 0 aromatic rings. The van der Waals surface area contributed by atoms with Crippen molar-refractivity contribution in [2.75, 3.05) is 7.11 Å². The Labute approximate surface area is 106 Å². The Morgan fingerprint density at radius 3 is 2.35 bits per heavy atom. The molecule has 17 heavy (non-hydrogen) atoms. The fourth-order valence-electron chi connectivity index (χ4n) is 6.10. The van der Waals surface area contributed by atoms with Gasteiger partial charge in [-0.25, -0.2) is 0 Å². The third-order valence-corrected chi connectivity index (χ3v) is 7.23. The van der Waals surface area contributed by atoms with Crippen molar-refractivity contribution in [2.24, 2.45) is 28.6 Å². The van der Waals surface area contributed by atoms with Gasteiger partial charge in [0.05, 0.1) is 5.60 Å². The van der Waals surface area contributed by atoms with Gasteiger partial charge in [0, 0.05) is 7.11 Å². The third kappa shape index (κ3) is 1.25. The first kappa shape index (κ1) is 12.0. The molecule has 0 aromatic heterocycles. The second-order valence-electron chi connectivity index (χ2n) is 7.86. The quantitative estimate of drug-likeness (QED) is 0.661. The lowest BCUT2D eigenvalue weighted by Gasteiger charge is -2.46. The number of hydrogen-bond donors (Lipinski definition) is 0. The minimum atomic E-state index is 0.138. The van der Waals surface area contributed by atoms with Gasteiger partial charge in [0.25, 0.3) is 0 Å². The van der Waals surface area contributed by atoms with E-state index in [2.05, 4.69) is 27.7 Å². The topological polar surface area (TPSA) is 9.23 Å². The number of fused-ring (bicyclic) bond motifs is 1. The van der Waals surface area contributed by atoms with Crippen molar-refractivity contribution in [3.05, 3.63) is 0 Å². The predicted octanol–water partition coefficient (Wildman–Crippen LogP) is 4.26. The normalized spacial score (nSPS) is 55.9. The van der Waals surface area contributed by atoms with Crippen LogP contribution in [0.15, 0.2) is 0 Å². The van der Waals surface area contributed by atoms with E-state index in [4.69, 9.17) is 4.74 Å². The SMILES string of the molecule is COC1(C)CC[C@@]23C[C@@H]1C(C)(C)[C@@H]2CC[C@H]3C. The van der Waals surface area contributed by atoms with E-state index in [9.17, 15) is 0 Å². The van der Waals surface area contributed by atoms with Gasteiger partial charge in [-0.1, -0.05) is 20.8 Å². The zero-order valence-corrected chi connectivity index (χ0v) is 12.2. The smallest absolute Gasteiger partial charge is 0.0684 e. The third-order valence-electron chi connectivity index (χ3n) is 7.23. The molecule has 0 radical (unpaired) electrons. The van der Waals surface area contributed by atoms with Crippen molar-refractivity contribution >= 4 is 0 Å². The average Bonchev–Trinajstić information content (AvgIpc) is 2.70. The van der Waals surface area contributed by atoms with Crippen LogP contribution in [0.4, 0.5) is 0 Å². The summed E-state index contributed by atoms with van der Waals surface area (Å²) in [6.07, 6.45) is 7.03. The molecule has 1 heteroatoms. The summed E-state index contributed by atoms with van der Waals surface area (Å²) < 4.78 is 5.94. The van der Waals surface area contributed by atoms with Gasteiger partial charge >= 0.3 is 0 Å². The van der Waals surface area contributed by atoms with Gasteiger partial charge in [0.15, 0.2) is 0 Å². The number of rotatable bonds is 1. The molecule has 1 unspecified atom stereocenters. The van der Waals surface area contributed by atoms with E-state index in [-0.39, 0.29) is 5.60 Å². The second-order valence-corrected chi connectivity index (χ2v) is 7.86. The van der Waals surface area contributed by atoms with Crippen LogP contribution in [0.1, 0.15) is 59.8 Å². The van der Waals surface area contributed by atoms with E-state index in [0.717, 1.165) is 17.8 Å². The molecule has 3 fully saturated rings. The maximum absolute atomic E-state index is 5.94. The fraction of sp³-hybridized carbons (Fsp3) is 1.00. The Morgan fingerprint density at radius 1 is 1.00 bits per heavy atom. The minimum Gasteiger partial charge on any atom is -0.378 e. The first-order valence-electron chi connectivity index (χ1n) is 7.42. The van der Waals surface area contributed by atoms with Crippen molar-refractivity contribution in [1.82, 2.24) is 0 Å². The molecule has 1 spiro atoms. The van der Waals surface area contributed by atoms with E-state index in [1.807, 2.05) is 7.11 Å². The van der Waals surface area contributed by atoms with Gasteiger partial charge in [-0.15, -0.1) is 0 Å². The monoisotopic (exact) mass is 236 g/mol. The predicted molar refractivity (Wildman–Crippen MR) is 70.9 cm³/mol. The van der Waals surface area contributed by atoms with Crippen LogP contribution in [0.3, 0.4) is 0 Å². The van der Waals surface area contributed by atoms with Crippen molar-refractivity contribution < 1.29 is 4.74 Å². The Kier molecular flexibility index (Phi) is 2.32. The van der Waals surface area contributed by atoms with Crippen molar-refractivity contribution in [3.63, 3.8) is 0 Å². The molecular weight excluding hydrogens is 208 g/mol. The van der Waals surface area contributed by atoms with Gasteiger partial charge in [-0.05, 0) is 67.6 Å². The largest absolute Gasteiger partial charge is 0.378 e. The van der Waals surface area contributed by atoms with Crippen LogP contribution in [-0.4, -0.2) is 12.7 Å². The van der Waals surface area contributed by atoms with Crippen LogP contribution >= 0.6 is 0 Å². The highest BCUT2D eigenvalue weighted by atomic mass is 16.5. The highest BCUT2D eigenvalue weighted by Gasteiger charge is 2.68. The van der Waals surface area contributed by atoms with E-state index < -0.39 is 0 Å². The van der Waals surface area contributed by atoms with Gasteiger partial charge in [0.1, 0.15) is 0 Å². The maximum atomic E-state index is 5.94. The summed E-state index contributed by atoms with van der Waals surface area (Å²) in [5.74, 6) is 2.66. The molecule has 0 N–H and O–H groups in total. The van der Waals surface area contributed by atoms with Gasteiger partial charge in [0.2, 0.25) is 0 Å². The number of hydrogen-bond acceptors (Lipinski definition) is 1. The zero-order valence-electron chi connectivity index (χ0n) is 12.2. The fourth-order valence-corrected chi connectivity index (χ4v) is 6.10. The summed E-state index contributed by atoms with van der Waals surface area (Å²) in [4.78, 5) is 0. The summed E-state index contributed by atoms with van der Waals surface area (Å²) in [5, 5.41) is 0. The molecule has 3 rings (SSSR count). The lowest BCUT2D eigenvalue weighted by molar-refractivity contribution is -0.100. The molecule has 2 bridgehead atoms. The van der Waals surface area contributed by atoms with Gasteiger partial charge in [-0.3, -0.25) is 0 Å². The first-order chi connectivity index (χ1) is 7.87. The molecule has 3 aliphatic rings. The molecule has 0 aliphatic heterocycles. The highest BCUT2D eigenvalue weighted by Crippen LogP contribution is 2.73. The van der Waals surface area contributed by atoms with E-state index in [0.29, 0.717) is 10.8 Å². The summed E-state index contributed by atoms with van der Waals surface area (Å²) >= 11 is 0. The van der Waals surface area contributed by atoms with Crippen LogP contribution < -0.4 is 0 Å². The molecule has 0 amide bonds. The molecule has 3 aliphatic carbocycles. The van der Waals surface area contributed by atoms with Crippen LogP contribution in [0.5, 0.6) is 0 Å². The maximum Gasteiger partial charge on any atom is 0.0684 e. The number of methoxy groups -OCH3 is 1.